The fourth-order valence-electron chi connectivity index (χ4n) is 3.16. The van der Waals surface area contributed by atoms with Gasteiger partial charge in [0, 0.05) is 23.0 Å². The molecule has 0 aromatic heterocycles. The highest BCUT2D eigenvalue weighted by atomic mass is 79.9. The van der Waals surface area contributed by atoms with E-state index in [1.165, 1.54) is 19.3 Å². The number of benzene rings is 1. The van der Waals surface area contributed by atoms with Crippen LogP contribution in [0.1, 0.15) is 37.7 Å². The lowest BCUT2D eigenvalue weighted by atomic mass is 9.82. The highest BCUT2D eigenvalue weighted by molar-refractivity contribution is 9.10. The van der Waals surface area contributed by atoms with E-state index >= 15 is 0 Å². The summed E-state index contributed by atoms with van der Waals surface area (Å²) in [4.78, 5) is 0. The van der Waals surface area contributed by atoms with Crippen LogP contribution in [0.25, 0.3) is 0 Å². The molecule has 112 valence electrons. The van der Waals surface area contributed by atoms with E-state index in [9.17, 15) is 5.11 Å². The van der Waals surface area contributed by atoms with Crippen molar-refractivity contribution in [1.29, 1.82) is 0 Å². The van der Waals surface area contributed by atoms with Gasteiger partial charge < -0.3 is 9.84 Å². The summed E-state index contributed by atoms with van der Waals surface area (Å²) in [6, 6.07) is 5.78. The van der Waals surface area contributed by atoms with Crippen molar-refractivity contribution >= 4 is 27.5 Å². The molecule has 1 fully saturated rings. The van der Waals surface area contributed by atoms with Crippen molar-refractivity contribution in [3.8, 4) is 0 Å². The van der Waals surface area contributed by atoms with Gasteiger partial charge in [-0.1, -0.05) is 52.9 Å². The largest absolute Gasteiger partial charge is 0.390 e. The van der Waals surface area contributed by atoms with Gasteiger partial charge in [-0.2, -0.15) is 0 Å². The van der Waals surface area contributed by atoms with Gasteiger partial charge in [0.1, 0.15) is 0 Å². The summed E-state index contributed by atoms with van der Waals surface area (Å²) >= 11 is 9.62. The number of hydrogen-bond donors (Lipinski definition) is 1. The maximum Gasteiger partial charge on any atom is 0.0861 e. The van der Waals surface area contributed by atoms with Gasteiger partial charge in [-0.05, 0) is 36.5 Å². The summed E-state index contributed by atoms with van der Waals surface area (Å²) in [5.74, 6) is 0.470. The minimum absolute atomic E-state index is 0.0880. The third-order valence-corrected chi connectivity index (χ3v) is 5.06. The van der Waals surface area contributed by atoms with Gasteiger partial charge in [0.25, 0.3) is 0 Å². The third-order valence-electron chi connectivity index (χ3n) is 4.21. The minimum atomic E-state index is -0.498. The Morgan fingerprint density at radius 2 is 2.05 bits per heavy atom. The zero-order valence-corrected chi connectivity index (χ0v) is 14.2. The van der Waals surface area contributed by atoms with Crippen molar-refractivity contribution in [3.05, 3.63) is 33.3 Å². The Kier molecular flexibility index (Phi) is 6.34. The fraction of sp³-hybridized carbons (Fsp3) is 0.625. The van der Waals surface area contributed by atoms with Crippen LogP contribution in [0.3, 0.4) is 0 Å². The Hall–Kier alpha value is -0.0900. The van der Waals surface area contributed by atoms with E-state index in [2.05, 4.69) is 15.9 Å². The molecule has 20 heavy (non-hydrogen) atoms. The Labute approximate surface area is 134 Å². The smallest absolute Gasteiger partial charge is 0.0861 e. The minimum Gasteiger partial charge on any atom is -0.390 e. The molecule has 2 atom stereocenters. The van der Waals surface area contributed by atoms with Crippen molar-refractivity contribution in [2.45, 2.75) is 50.7 Å². The molecule has 1 N–H and O–H groups in total. The van der Waals surface area contributed by atoms with Gasteiger partial charge in [0.05, 0.1) is 12.2 Å². The molecule has 2 rings (SSSR count). The molecule has 0 bridgehead atoms. The second-order valence-electron chi connectivity index (χ2n) is 5.61. The van der Waals surface area contributed by atoms with E-state index in [0.29, 0.717) is 17.4 Å². The Balaban J connectivity index is 2.02. The van der Waals surface area contributed by atoms with Gasteiger partial charge in [-0.3, -0.25) is 0 Å². The number of halogens is 2. The van der Waals surface area contributed by atoms with Crippen molar-refractivity contribution in [2.75, 3.05) is 7.11 Å². The average Bonchev–Trinajstić information content (AvgIpc) is 2.44. The molecular weight excluding hydrogens is 340 g/mol. The Morgan fingerprint density at radius 3 is 2.65 bits per heavy atom. The number of aliphatic hydroxyl groups excluding tert-OH is 1. The first-order chi connectivity index (χ1) is 9.61. The monoisotopic (exact) mass is 360 g/mol. The standard InChI is InChI=1S/C16H22BrClO2/c1-20-16(11-5-3-2-4-6-11)15(19)9-12-7-8-13(17)10-14(12)18/h7-8,10-11,15-16,19H,2-6,9H2,1H3. The van der Waals surface area contributed by atoms with E-state index in [-0.39, 0.29) is 6.10 Å². The summed E-state index contributed by atoms with van der Waals surface area (Å²) < 4.78 is 6.54. The molecule has 1 aromatic carbocycles. The van der Waals surface area contributed by atoms with E-state index in [4.69, 9.17) is 16.3 Å². The molecule has 0 spiro atoms. The molecule has 1 saturated carbocycles. The first-order valence-corrected chi connectivity index (χ1v) is 8.43. The number of ether oxygens (including phenoxy) is 1. The lowest BCUT2D eigenvalue weighted by Gasteiger charge is -2.32. The molecule has 0 saturated heterocycles. The molecule has 1 aliphatic carbocycles. The number of methoxy groups -OCH3 is 1. The van der Waals surface area contributed by atoms with Crippen LogP contribution in [0.5, 0.6) is 0 Å². The quantitative estimate of drug-likeness (QED) is 0.830. The SMILES string of the molecule is COC(C(O)Cc1ccc(Br)cc1Cl)C1CCCCC1. The highest BCUT2D eigenvalue weighted by Gasteiger charge is 2.29. The van der Waals surface area contributed by atoms with E-state index in [0.717, 1.165) is 22.9 Å². The van der Waals surface area contributed by atoms with Gasteiger partial charge in [0.2, 0.25) is 0 Å². The summed E-state index contributed by atoms with van der Waals surface area (Å²) in [5.41, 5.74) is 0.972. The Morgan fingerprint density at radius 1 is 1.35 bits per heavy atom. The first kappa shape index (κ1) is 16.3. The topological polar surface area (TPSA) is 29.5 Å². The van der Waals surface area contributed by atoms with Gasteiger partial charge in [-0.15, -0.1) is 0 Å². The van der Waals surface area contributed by atoms with Gasteiger partial charge in [0.15, 0.2) is 0 Å². The summed E-state index contributed by atoms with van der Waals surface area (Å²) in [6.07, 6.45) is 6.07. The number of rotatable bonds is 5. The lowest BCUT2D eigenvalue weighted by molar-refractivity contribution is -0.0535. The van der Waals surface area contributed by atoms with Crippen LogP contribution < -0.4 is 0 Å². The van der Waals surface area contributed by atoms with Crippen LogP contribution in [0.15, 0.2) is 22.7 Å². The van der Waals surface area contributed by atoms with Crippen molar-refractivity contribution in [3.63, 3.8) is 0 Å². The van der Waals surface area contributed by atoms with Crippen LogP contribution in [0, 0.1) is 5.92 Å². The van der Waals surface area contributed by atoms with Crippen LogP contribution >= 0.6 is 27.5 Å². The average molecular weight is 362 g/mol. The molecule has 2 nitrogen and oxygen atoms in total. The lowest BCUT2D eigenvalue weighted by Crippen LogP contribution is -2.37. The van der Waals surface area contributed by atoms with Crippen molar-refractivity contribution in [2.24, 2.45) is 5.92 Å². The molecule has 2 unspecified atom stereocenters. The summed E-state index contributed by atoms with van der Waals surface area (Å²) in [6.45, 7) is 0. The molecular formula is C16H22BrClO2. The maximum absolute atomic E-state index is 10.5. The fourth-order valence-corrected chi connectivity index (χ4v) is 3.91. The van der Waals surface area contributed by atoms with Crippen LogP contribution in [0.2, 0.25) is 5.02 Å². The van der Waals surface area contributed by atoms with E-state index in [1.54, 1.807) is 7.11 Å². The Bertz CT molecular complexity index is 432. The van der Waals surface area contributed by atoms with Gasteiger partial charge in [-0.25, -0.2) is 0 Å². The second-order valence-corrected chi connectivity index (χ2v) is 6.93. The van der Waals surface area contributed by atoms with E-state index < -0.39 is 6.10 Å². The molecule has 0 aliphatic heterocycles. The first-order valence-electron chi connectivity index (χ1n) is 7.26. The second kappa shape index (κ2) is 7.79. The van der Waals surface area contributed by atoms with Crippen LogP contribution in [-0.2, 0) is 11.2 Å². The number of aliphatic hydroxyl groups is 1. The van der Waals surface area contributed by atoms with Gasteiger partial charge >= 0.3 is 0 Å². The van der Waals surface area contributed by atoms with Crippen LogP contribution in [-0.4, -0.2) is 24.4 Å². The zero-order chi connectivity index (χ0) is 14.5. The molecule has 1 aliphatic rings. The van der Waals surface area contributed by atoms with Crippen LogP contribution in [0.4, 0.5) is 0 Å². The molecule has 0 amide bonds. The van der Waals surface area contributed by atoms with Crippen molar-refractivity contribution < 1.29 is 9.84 Å². The summed E-state index contributed by atoms with van der Waals surface area (Å²) in [5, 5.41) is 11.2. The molecule has 4 heteroatoms. The van der Waals surface area contributed by atoms with E-state index in [1.807, 2.05) is 18.2 Å². The predicted octanol–water partition coefficient (Wildman–Crippen LogP) is 4.60. The third kappa shape index (κ3) is 4.20. The molecule has 1 aromatic rings. The molecule has 0 radical (unpaired) electrons. The zero-order valence-electron chi connectivity index (χ0n) is 11.8. The predicted molar refractivity (Wildman–Crippen MR) is 86.2 cm³/mol. The normalized spacial score (nSPS) is 19.8. The number of hydrogen-bond acceptors (Lipinski definition) is 2. The summed E-state index contributed by atoms with van der Waals surface area (Å²) in [7, 11) is 1.70. The highest BCUT2D eigenvalue weighted by Crippen LogP contribution is 2.31. The molecule has 0 heterocycles. The maximum atomic E-state index is 10.5. The van der Waals surface area contributed by atoms with Crippen molar-refractivity contribution in [1.82, 2.24) is 0 Å².